The minimum absolute atomic E-state index is 0.0687. The average Bonchev–Trinajstić information content (AvgIpc) is 2.46. The number of rotatable bonds is 7. The molecule has 0 saturated heterocycles. The number of carbonyl (C=O) groups is 1. The van der Waals surface area contributed by atoms with Crippen LogP contribution in [0.25, 0.3) is 6.08 Å². The zero-order valence-corrected chi connectivity index (χ0v) is 13.2. The highest BCUT2D eigenvalue weighted by molar-refractivity contribution is 5.96. The summed E-state index contributed by atoms with van der Waals surface area (Å²) in [6.07, 6.45) is 3.75. The van der Waals surface area contributed by atoms with E-state index in [0.29, 0.717) is 23.7 Å². The standard InChI is InChI=1S/C16H23NO4/c1-6-7-12-8-13(9-14(20-4)15(12)21-5)16(18)17-11(2)10-19-3/h6-9,11H,10H2,1-5H3,(H,17,18)/b7-6+. The highest BCUT2D eigenvalue weighted by Crippen LogP contribution is 2.33. The summed E-state index contributed by atoms with van der Waals surface area (Å²) in [6.45, 7) is 4.25. The van der Waals surface area contributed by atoms with Crippen LogP contribution in [0.4, 0.5) is 0 Å². The number of benzene rings is 1. The van der Waals surface area contributed by atoms with E-state index in [1.165, 1.54) is 0 Å². The van der Waals surface area contributed by atoms with Gasteiger partial charge in [0.1, 0.15) is 0 Å². The number of carbonyl (C=O) groups excluding carboxylic acids is 1. The van der Waals surface area contributed by atoms with Crippen LogP contribution >= 0.6 is 0 Å². The summed E-state index contributed by atoms with van der Waals surface area (Å²) in [7, 11) is 4.72. The molecule has 0 spiro atoms. The van der Waals surface area contributed by atoms with Crippen LogP contribution in [0, 0.1) is 0 Å². The highest BCUT2D eigenvalue weighted by Gasteiger charge is 2.16. The zero-order chi connectivity index (χ0) is 15.8. The van der Waals surface area contributed by atoms with E-state index in [0.717, 1.165) is 5.56 Å². The molecule has 1 aromatic carbocycles. The van der Waals surface area contributed by atoms with Crippen LogP contribution in [0.2, 0.25) is 0 Å². The van der Waals surface area contributed by atoms with E-state index in [9.17, 15) is 4.79 Å². The number of hydrogen-bond acceptors (Lipinski definition) is 4. The molecular formula is C16H23NO4. The molecule has 1 rings (SSSR count). The van der Waals surface area contributed by atoms with Gasteiger partial charge in [0, 0.05) is 24.3 Å². The van der Waals surface area contributed by atoms with E-state index in [1.807, 2.05) is 26.0 Å². The van der Waals surface area contributed by atoms with Gasteiger partial charge in [-0.15, -0.1) is 0 Å². The maximum atomic E-state index is 12.3. The normalized spacial score (nSPS) is 12.2. The van der Waals surface area contributed by atoms with Gasteiger partial charge in [-0.25, -0.2) is 0 Å². The summed E-state index contributed by atoms with van der Waals surface area (Å²) in [5.41, 5.74) is 1.31. The molecule has 1 N–H and O–H groups in total. The number of ether oxygens (including phenoxy) is 3. The fourth-order valence-corrected chi connectivity index (χ4v) is 2.03. The Hall–Kier alpha value is -2.01. The lowest BCUT2D eigenvalue weighted by atomic mass is 10.1. The second-order valence-electron chi connectivity index (χ2n) is 4.63. The Morgan fingerprint density at radius 3 is 2.52 bits per heavy atom. The molecule has 21 heavy (non-hydrogen) atoms. The van der Waals surface area contributed by atoms with Crippen LogP contribution < -0.4 is 14.8 Å². The van der Waals surface area contributed by atoms with Gasteiger partial charge in [-0.3, -0.25) is 4.79 Å². The van der Waals surface area contributed by atoms with Crippen LogP contribution in [-0.2, 0) is 4.74 Å². The lowest BCUT2D eigenvalue weighted by molar-refractivity contribution is 0.0905. The fraction of sp³-hybridized carbons (Fsp3) is 0.438. The lowest BCUT2D eigenvalue weighted by Crippen LogP contribution is -2.35. The van der Waals surface area contributed by atoms with Crippen molar-refractivity contribution in [2.45, 2.75) is 19.9 Å². The largest absolute Gasteiger partial charge is 0.493 e. The molecule has 0 aliphatic rings. The minimum Gasteiger partial charge on any atom is -0.493 e. The van der Waals surface area contributed by atoms with Gasteiger partial charge in [0.05, 0.1) is 20.8 Å². The molecular weight excluding hydrogens is 270 g/mol. The number of nitrogens with one attached hydrogen (secondary N) is 1. The maximum absolute atomic E-state index is 12.3. The SMILES string of the molecule is C/C=C/c1cc(C(=O)NC(C)COC)cc(OC)c1OC. The number of methoxy groups -OCH3 is 3. The lowest BCUT2D eigenvalue weighted by Gasteiger charge is -2.16. The highest BCUT2D eigenvalue weighted by atomic mass is 16.5. The average molecular weight is 293 g/mol. The van der Waals surface area contributed by atoms with Gasteiger partial charge in [0.15, 0.2) is 11.5 Å². The third-order valence-electron chi connectivity index (χ3n) is 2.91. The molecule has 0 saturated carbocycles. The Kier molecular flexibility index (Phi) is 6.75. The van der Waals surface area contributed by atoms with Crippen molar-refractivity contribution in [1.82, 2.24) is 5.32 Å². The van der Waals surface area contributed by atoms with Crippen LogP contribution in [0.15, 0.2) is 18.2 Å². The minimum atomic E-state index is -0.175. The van der Waals surface area contributed by atoms with Crippen LogP contribution in [0.1, 0.15) is 29.8 Å². The molecule has 116 valence electrons. The van der Waals surface area contributed by atoms with E-state index in [1.54, 1.807) is 33.5 Å². The van der Waals surface area contributed by atoms with Crippen LogP contribution in [0.3, 0.4) is 0 Å². The predicted octanol–water partition coefficient (Wildman–Crippen LogP) is 2.50. The number of hydrogen-bond donors (Lipinski definition) is 1. The van der Waals surface area contributed by atoms with Crippen LogP contribution in [-0.4, -0.2) is 39.9 Å². The van der Waals surface area contributed by atoms with Crippen molar-refractivity contribution in [3.05, 3.63) is 29.3 Å². The van der Waals surface area contributed by atoms with Gasteiger partial charge in [-0.05, 0) is 26.0 Å². The molecule has 0 heterocycles. The molecule has 0 fully saturated rings. The first kappa shape index (κ1) is 17.0. The molecule has 0 bridgehead atoms. The Morgan fingerprint density at radius 1 is 1.29 bits per heavy atom. The Balaban J connectivity index is 3.13. The van der Waals surface area contributed by atoms with Crippen molar-refractivity contribution in [3.8, 4) is 11.5 Å². The molecule has 1 unspecified atom stereocenters. The first-order chi connectivity index (χ1) is 10.1. The third kappa shape index (κ3) is 4.49. The van der Waals surface area contributed by atoms with Crippen molar-refractivity contribution >= 4 is 12.0 Å². The molecule has 1 atom stereocenters. The molecule has 0 radical (unpaired) electrons. The van der Waals surface area contributed by atoms with Crippen molar-refractivity contribution in [1.29, 1.82) is 0 Å². The molecule has 0 aromatic heterocycles. The molecule has 0 aliphatic carbocycles. The Labute approximate surface area is 125 Å². The number of amides is 1. The summed E-state index contributed by atoms with van der Waals surface area (Å²) in [5.74, 6) is 0.959. The van der Waals surface area contributed by atoms with E-state index in [2.05, 4.69) is 5.32 Å². The monoisotopic (exact) mass is 293 g/mol. The summed E-state index contributed by atoms with van der Waals surface area (Å²) < 4.78 is 15.7. The predicted molar refractivity (Wildman–Crippen MR) is 83.1 cm³/mol. The van der Waals surface area contributed by atoms with Gasteiger partial charge >= 0.3 is 0 Å². The zero-order valence-electron chi connectivity index (χ0n) is 13.2. The van der Waals surface area contributed by atoms with Crippen molar-refractivity contribution in [3.63, 3.8) is 0 Å². The summed E-state index contributed by atoms with van der Waals surface area (Å²) >= 11 is 0. The number of allylic oxidation sites excluding steroid dienone is 1. The van der Waals surface area contributed by atoms with Crippen molar-refractivity contribution in [2.24, 2.45) is 0 Å². The van der Waals surface area contributed by atoms with Crippen LogP contribution in [0.5, 0.6) is 11.5 Å². The van der Waals surface area contributed by atoms with E-state index in [4.69, 9.17) is 14.2 Å². The summed E-state index contributed by atoms with van der Waals surface area (Å²) in [4.78, 5) is 12.3. The van der Waals surface area contributed by atoms with E-state index in [-0.39, 0.29) is 11.9 Å². The topological polar surface area (TPSA) is 56.8 Å². The Bertz CT molecular complexity index is 511. The summed E-state index contributed by atoms with van der Waals surface area (Å²) in [6, 6.07) is 3.37. The van der Waals surface area contributed by atoms with Gasteiger partial charge in [-0.2, -0.15) is 0 Å². The maximum Gasteiger partial charge on any atom is 0.251 e. The van der Waals surface area contributed by atoms with E-state index < -0.39 is 0 Å². The first-order valence-electron chi connectivity index (χ1n) is 6.75. The Morgan fingerprint density at radius 2 is 2.00 bits per heavy atom. The van der Waals surface area contributed by atoms with Gasteiger partial charge < -0.3 is 19.5 Å². The van der Waals surface area contributed by atoms with E-state index >= 15 is 0 Å². The molecule has 5 heteroatoms. The van der Waals surface area contributed by atoms with Crippen molar-refractivity contribution in [2.75, 3.05) is 27.9 Å². The molecule has 0 aliphatic heterocycles. The molecule has 5 nitrogen and oxygen atoms in total. The van der Waals surface area contributed by atoms with Gasteiger partial charge in [-0.1, -0.05) is 12.2 Å². The summed E-state index contributed by atoms with van der Waals surface area (Å²) in [5, 5.41) is 2.87. The fourth-order valence-electron chi connectivity index (χ4n) is 2.03. The smallest absolute Gasteiger partial charge is 0.251 e. The molecule has 1 amide bonds. The second kappa shape index (κ2) is 8.32. The van der Waals surface area contributed by atoms with Gasteiger partial charge in [0.25, 0.3) is 5.91 Å². The van der Waals surface area contributed by atoms with Gasteiger partial charge in [0.2, 0.25) is 0 Å². The van der Waals surface area contributed by atoms with Crippen molar-refractivity contribution < 1.29 is 19.0 Å². The quantitative estimate of drug-likeness (QED) is 0.839. The first-order valence-corrected chi connectivity index (χ1v) is 6.75. The molecule has 1 aromatic rings. The third-order valence-corrected chi connectivity index (χ3v) is 2.91. The second-order valence-corrected chi connectivity index (χ2v) is 4.63.